The highest BCUT2D eigenvalue weighted by Gasteiger charge is 2.13. The maximum absolute atomic E-state index is 12.4. The van der Waals surface area contributed by atoms with Gasteiger partial charge in [-0.3, -0.25) is 4.79 Å². The predicted octanol–water partition coefficient (Wildman–Crippen LogP) is 2.81. The minimum absolute atomic E-state index is 0.0311. The van der Waals surface area contributed by atoms with Gasteiger partial charge in [0.2, 0.25) is 0 Å². The first-order valence-corrected chi connectivity index (χ1v) is 7.42. The van der Waals surface area contributed by atoms with Gasteiger partial charge in [0.25, 0.3) is 5.91 Å². The van der Waals surface area contributed by atoms with E-state index in [-0.39, 0.29) is 5.91 Å². The summed E-state index contributed by atoms with van der Waals surface area (Å²) in [7, 11) is 3.64. The Morgan fingerprint density at radius 1 is 1.45 bits per heavy atom. The van der Waals surface area contributed by atoms with Crippen molar-refractivity contribution in [2.45, 2.75) is 13.3 Å². The number of pyridine rings is 1. The molecule has 2 rings (SSSR count). The second-order valence-electron chi connectivity index (χ2n) is 4.69. The highest BCUT2D eigenvalue weighted by molar-refractivity contribution is 7.09. The van der Waals surface area contributed by atoms with Gasteiger partial charge in [0.05, 0.1) is 0 Å². The van der Waals surface area contributed by atoms with Gasteiger partial charge in [0, 0.05) is 36.8 Å². The van der Waals surface area contributed by atoms with Gasteiger partial charge in [-0.05, 0) is 36.9 Å². The summed E-state index contributed by atoms with van der Waals surface area (Å²) in [6.45, 7) is 2.61. The molecule has 0 bridgehead atoms. The van der Waals surface area contributed by atoms with Crippen molar-refractivity contribution >= 4 is 23.1 Å². The van der Waals surface area contributed by atoms with E-state index in [4.69, 9.17) is 0 Å². The standard InChI is InChI=1S/C15H19N3OS/c1-11-9-12(10-14(16-2)17-11)15(19)18(3)7-6-13-5-4-8-20-13/h4-5,8-10H,6-7H2,1-3H3,(H,16,17). The molecule has 20 heavy (non-hydrogen) atoms. The largest absolute Gasteiger partial charge is 0.373 e. The Bertz CT molecular complexity index is 581. The molecule has 0 saturated carbocycles. The number of aromatic nitrogens is 1. The van der Waals surface area contributed by atoms with Crippen molar-refractivity contribution in [1.82, 2.24) is 9.88 Å². The van der Waals surface area contributed by atoms with Crippen LogP contribution in [0.1, 0.15) is 20.9 Å². The lowest BCUT2D eigenvalue weighted by atomic mass is 10.2. The van der Waals surface area contributed by atoms with Crippen LogP contribution in [0.3, 0.4) is 0 Å². The number of hydrogen-bond acceptors (Lipinski definition) is 4. The molecule has 0 saturated heterocycles. The number of aryl methyl sites for hydroxylation is 1. The van der Waals surface area contributed by atoms with Gasteiger partial charge >= 0.3 is 0 Å². The Balaban J connectivity index is 2.04. The summed E-state index contributed by atoms with van der Waals surface area (Å²) in [5.74, 6) is 0.753. The van der Waals surface area contributed by atoms with Gasteiger partial charge in [-0.15, -0.1) is 11.3 Å². The molecule has 0 aliphatic heterocycles. The van der Waals surface area contributed by atoms with Crippen LogP contribution in [0, 0.1) is 6.92 Å². The topological polar surface area (TPSA) is 45.2 Å². The van der Waals surface area contributed by atoms with E-state index in [2.05, 4.69) is 21.7 Å². The molecule has 106 valence electrons. The molecule has 2 heterocycles. The second kappa shape index (κ2) is 6.52. The summed E-state index contributed by atoms with van der Waals surface area (Å²) in [6.07, 6.45) is 0.892. The minimum Gasteiger partial charge on any atom is -0.373 e. The van der Waals surface area contributed by atoms with Gasteiger partial charge in [-0.2, -0.15) is 0 Å². The number of carbonyl (C=O) groups is 1. The molecule has 4 nitrogen and oxygen atoms in total. The quantitative estimate of drug-likeness (QED) is 0.920. The number of nitrogens with zero attached hydrogens (tertiary/aromatic N) is 2. The van der Waals surface area contributed by atoms with Crippen LogP contribution in [0.2, 0.25) is 0 Å². The SMILES string of the molecule is CNc1cc(C(=O)N(C)CCc2cccs2)cc(C)n1. The second-order valence-corrected chi connectivity index (χ2v) is 5.72. The lowest BCUT2D eigenvalue weighted by Gasteiger charge is -2.17. The van der Waals surface area contributed by atoms with E-state index >= 15 is 0 Å². The molecule has 0 atom stereocenters. The maximum Gasteiger partial charge on any atom is 0.253 e. The van der Waals surface area contributed by atoms with E-state index in [9.17, 15) is 4.79 Å². The monoisotopic (exact) mass is 289 g/mol. The normalized spacial score (nSPS) is 10.3. The number of amides is 1. The van der Waals surface area contributed by atoms with Crippen LogP contribution < -0.4 is 5.32 Å². The van der Waals surface area contributed by atoms with Crippen molar-refractivity contribution in [2.24, 2.45) is 0 Å². The van der Waals surface area contributed by atoms with E-state index in [1.807, 2.05) is 26.1 Å². The fraction of sp³-hybridized carbons (Fsp3) is 0.333. The van der Waals surface area contributed by atoms with Crippen molar-refractivity contribution in [2.75, 3.05) is 26.0 Å². The third kappa shape index (κ3) is 3.57. The number of hydrogen-bond donors (Lipinski definition) is 1. The average Bonchev–Trinajstić information content (AvgIpc) is 2.96. The number of thiophene rings is 1. The zero-order chi connectivity index (χ0) is 14.5. The summed E-state index contributed by atoms with van der Waals surface area (Å²) in [5.41, 5.74) is 1.52. The highest BCUT2D eigenvalue weighted by atomic mass is 32.1. The van der Waals surface area contributed by atoms with Crippen molar-refractivity contribution in [3.63, 3.8) is 0 Å². The van der Waals surface area contributed by atoms with E-state index in [0.29, 0.717) is 5.56 Å². The Morgan fingerprint density at radius 3 is 2.90 bits per heavy atom. The Hall–Kier alpha value is -1.88. The first-order chi connectivity index (χ1) is 9.60. The molecule has 0 unspecified atom stereocenters. The van der Waals surface area contributed by atoms with Crippen molar-refractivity contribution in [1.29, 1.82) is 0 Å². The van der Waals surface area contributed by atoms with Gasteiger partial charge < -0.3 is 10.2 Å². The molecule has 0 fully saturated rings. The summed E-state index contributed by atoms with van der Waals surface area (Å²) < 4.78 is 0. The zero-order valence-electron chi connectivity index (χ0n) is 12.0. The summed E-state index contributed by atoms with van der Waals surface area (Å²) >= 11 is 1.72. The highest BCUT2D eigenvalue weighted by Crippen LogP contribution is 2.13. The fourth-order valence-corrected chi connectivity index (χ4v) is 2.67. The molecule has 0 spiro atoms. The van der Waals surface area contributed by atoms with Crippen LogP contribution in [-0.2, 0) is 6.42 Å². The third-order valence-corrected chi connectivity index (χ3v) is 4.01. The lowest BCUT2D eigenvalue weighted by molar-refractivity contribution is 0.0796. The van der Waals surface area contributed by atoms with Crippen molar-refractivity contribution in [3.8, 4) is 0 Å². The minimum atomic E-state index is 0.0311. The zero-order valence-corrected chi connectivity index (χ0v) is 12.8. The average molecular weight is 289 g/mol. The van der Waals surface area contributed by atoms with Crippen LogP contribution >= 0.6 is 11.3 Å². The van der Waals surface area contributed by atoms with Gasteiger partial charge in [-0.1, -0.05) is 6.07 Å². The molecule has 2 aromatic heterocycles. The molecule has 1 N–H and O–H groups in total. The van der Waals surface area contributed by atoms with E-state index in [1.54, 1.807) is 29.4 Å². The first kappa shape index (κ1) is 14.5. The van der Waals surface area contributed by atoms with Crippen LogP contribution in [0.5, 0.6) is 0 Å². The Labute approximate surface area is 123 Å². The van der Waals surface area contributed by atoms with Crippen LogP contribution in [-0.4, -0.2) is 36.4 Å². The predicted molar refractivity (Wildman–Crippen MR) is 83.5 cm³/mol. The third-order valence-electron chi connectivity index (χ3n) is 3.08. The molecule has 1 amide bonds. The van der Waals surface area contributed by atoms with Gasteiger partial charge in [0.15, 0.2) is 0 Å². The summed E-state index contributed by atoms with van der Waals surface area (Å²) in [4.78, 5) is 19.8. The summed E-state index contributed by atoms with van der Waals surface area (Å²) in [6, 6.07) is 7.74. The van der Waals surface area contributed by atoms with Crippen LogP contribution in [0.4, 0.5) is 5.82 Å². The Morgan fingerprint density at radius 2 is 2.25 bits per heavy atom. The number of carbonyl (C=O) groups excluding carboxylic acids is 1. The maximum atomic E-state index is 12.4. The van der Waals surface area contributed by atoms with Crippen LogP contribution in [0.15, 0.2) is 29.6 Å². The van der Waals surface area contributed by atoms with Gasteiger partial charge in [0.1, 0.15) is 5.82 Å². The fourth-order valence-electron chi connectivity index (χ4n) is 1.97. The van der Waals surface area contributed by atoms with E-state index < -0.39 is 0 Å². The van der Waals surface area contributed by atoms with Gasteiger partial charge in [-0.25, -0.2) is 4.98 Å². The van der Waals surface area contributed by atoms with Crippen LogP contribution in [0.25, 0.3) is 0 Å². The lowest BCUT2D eigenvalue weighted by Crippen LogP contribution is -2.28. The molecule has 5 heteroatoms. The molecule has 0 aliphatic rings. The molecular weight excluding hydrogens is 270 g/mol. The molecular formula is C15H19N3OS. The number of anilines is 1. The van der Waals surface area contributed by atoms with Crippen molar-refractivity contribution in [3.05, 3.63) is 45.8 Å². The molecule has 0 aliphatic carbocycles. The smallest absolute Gasteiger partial charge is 0.253 e. The number of rotatable bonds is 5. The van der Waals surface area contributed by atoms with E-state index in [1.165, 1.54) is 4.88 Å². The first-order valence-electron chi connectivity index (χ1n) is 6.54. The molecule has 0 aromatic carbocycles. The Kier molecular flexibility index (Phi) is 4.74. The number of nitrogens with one attached hydrogen (secondary N) is 1. The van der Waals surface area contributed by atoms with E-state index in [0.717, 1.165) is 24.5 Å². The number of likely N-dealkylation sites (N-methyl/N-ethyl adjacent to an activating group) is 1. The molecule has 0 radical (unpaired) electrons. The summed E-state index contributed by atoms with van der Waals surface area (Å²) in [5, 5.41) is 5.03. The van der Waals surface area contributed by atoms with Crippen molar-refractivity contribution < 1.29 is 4.79 Å². The molecule has 2 aromatic rings.